The van der Waals surface area contributed by atoms with E-state index in [-0.39, 0.29) is 0 Å². The molecule has 2 aliphatic rings. The SMILES string of the molecule is O=C(O)c1ccc(C2CCCN(Cc3ccc4c(c3)OCCO4)C2)cc1. The molecule has 0 radical (unpaired) electrons. The molecule has 5 nitrogen and oxygen atoms in total. The summed E-state index contributed by atoms with van der Waals surface area (Å²) in [4.78, 5) is 13.5. The predicted molar refractivity (Wildman–Crippen MR) is 98.1 cm³/mol. The number of carbonyl (C=O) groups is 1. The standard InChI is InChI=1S/C21H23NO4/c23-21(24)17-6-4-16(5-7-17)18-2-1-9-22(14-18)13-15-3-8-19-20(12-15)26-11-10-25-19/h3-8,12,18H,1-2,9-11,13-14H2,(H,23,24). The van der Waals surface area contributed by atoms with Crippen LogP contribution >= 0.6 is 0 Å². The van der Waals surface area contributed by atoms with Gasteiger partial charge in [0.1, 0.15) is 13.2 Å². The highest BCUT2D eigenvalue weighted by molar-refractivity contribution is 5.87. The van der Waals surface area contributed by atoms with Crippen LogP contribution in [0.2, 0.25) is 0 Å². The molecule has 0 aromatic heterocycles. The maximum absolute atomic E-state index is 11.0. The van der Waals surface area contributed by atoms with Crippen molar-refractivity contribution in [2.24, 2.45) is 0 Å². The van der Waals surface area contributed by atoms with Crippen molar-refractivity contribution < 1.29 is 19.4 Å². The van der Waals surface area contributed by atoms with Gasteiger partial charge in [-0.1, -0.05) is 18.2 Å². The minimum atomic E-state index is -0.875. The number of carboxylic acids is 1. The Labute approximate surface area is 153 Å². The summed E-state index contributed by atoms with van der Waals surface area (Å²) in [5.41, 5.74) is 2.80. The van der Waals surface area contributed by atoms with Crippen LogP contribution in [0.15, 0.2) is 42.5 Å². The van der Waals surface area contributed by atoms with Crippen LogP contribution in [0.1, 0.15) is 40.2 Å². The predicted octanol–water partition coefficient (Wildman–Crippen LogP) is 3.54. The molecule has 0 bridgehead atoms. The van der Waals surface area contributed by atoms with E-state index in [1.807, 2.05) is 18.2 Å². The Balaban J connectivity index is 1.42. The Morgan fingerprint density at radius 2 is 1.85 bits per heavy atom. The first-order valence-electron chi connectivity index (χ1n) is 9.13. The molecule has 1 atom stereocenters. The van der Waals surface area contributed by atoms with Crippen molar-refractivity contribution in [2.45, 2.75) is 25.3 Å². The number of fused-ring (bicyclic) bond motifs is 1. The smallest absolute Gasteiger partial charge is 0.335 e. The summed E-state index contributed by atoms with van der Waals surface area (Å²) < 4.78 is 11.3. The number of aromatic carboxylic acids is 1. The largest absolute Gasteiger partial charge is 0.486 e. The third kappa shape index (κ3) is 3.68. The summed E-state index contributed by atoms with van der Waals surface area (Å²) in [5, 5.41) is 9.05. The minimum Gasteiger partial charge on any atom is -0.486 e. The Hall–Kier alpha value is -2.53. The van der Waals surface area contributed by atoms with Gasteiger partial charge in [-0.05, 0) is 60.7 Å². The van der Waals surface area contributed by atoms with Crippen LogP contribution in [-0.2, 0) is 6.54 Å². The van der Waals surface area contributed by atoms with Crippen molar-refractivity contribution in [3.05, 3.63) is 59.2 Å². The van der Waals surface area contributed by atoms with E-state index in [9.17, 15) is 4.79 Å². The molecule has 0 saturated carbocycles. The molecule has 26 heavy (non-hydrogen) atoms. The molecule has 1 saturated heterocycles. The number of rotatable bonds is 4. The van der Waals surface area contributed by atoms with E-state index in [0.717, 1.165) is 44.0 Å². The summed E-state index contributed by atoms with van der Waals surface area (Å²) in [6.45, 7) is 4.18. The van der Waals surface area contributed by atoms with Gasteiger partial charge in [0.15, 0.2) is 11.5 Å². The molecular formula is C21H23NO4. The van der Waals surface area contributed by atoms with Crippen molar-refractivity contribution in [1.82, 2.24) is 4.90 Å². The lowest BCUT2D eigenvalue weighted by Crippen LogP contribution is -2.33. The van der Waals surface area contributed by atoms with Crippen LogP contribution in [0.5, 0.6) is 11.5 Å². The van der Waals surface area contributed by atoms with Crippen LogP contribution in [0, 0.1) is 0 Å². The Kier molecular flexibility index (Phi) is 4.80. The molecule has 2 aliphatic heterocycles. The second kappa shape index (κ2) is 7.38. The zero-order chi connectivity index (χ0) is 17.9. The fraction of sp³-hybridized carbons (Fsp3) is 0.381. The normalized spacial score (nSPS) is 19.9. The van der Waals surface area contributed by atoms with E-state index < -0.39 is 5.97 Å². The molecule has 0 amide bonds. The number of likely N-dealkylation sites (tertiary alicyclic amines) is 1. The van der Waals surface area contributed by atoms with Gasteiger partial charge in [0.2, 0.25) is 0 Å². The monoisotopic (exact) mass is 353 g/mol. The fourth-order valence-electron chi connectivity index (χ4n) is 3.81. The van der Waals surface area contributed by atoms with E-state index in [1.165, 1.54) is 11.1 Å². The average molecular weight is 353 g/mol. The van der Waals surface area contributed by atoms with E-state index >= 15 is 0 Å². The highest BCUT2D eigenvalue weighted by Gasteiger charge is 2.22. The van der Waals surface area contributed by atoms with Gasteiger partial charge >= 0.3 is 5.97 Å². The molecule has 4 rings (SSSR count). The molecule has 2 aromatic carbocycles. The van der Waals surface area contributed by atoms with Crippen LogP contribution in [-0.4, -0.2) is 42.3 Å². The Morgan fingerprint density at radius 3 is 2.62 bits per heavy atom. The van der Waals surface area contributed by atoms with Crippen molar-refractivity contribution in [3.63, 3.8) is 0 Å². The Morgan fingerprint density at radius 1 is 1.08 bits per heavy atom. The second-order valence-corrected chi connectivity index (χ2v) is 6.98. The lowest BCUT2D eigenvalue weighted by molar-refractivity contribution is 0.0697. The van der Waals surface area contributed by atoms with Crippen molar-refractivity contribution in [1.29, 1.82) is 0 Å². The van der Waals surface area contributed by atoms with E-state index in [2.05, 4.69) is 17.0 Å². The number of ether oxygens (including phenoxy) is 2. The summed E-state index contributed by atoms with van der Waals surface area (Å²) >= 11 is 0. The van der Waals surface area contributed by atoms with Gasteiger partial charge in [-0.15, -0.1) is 0 Å². The number of piperidine rings is 1. The van der Waals surface area contributed by atoms with Gasteiger partial charge in [-0.25, -0.2) is 4.79 Å². The van der Waals surface area contributed by atoms with Crippen molar-refractivity contribution in [2.75, 3.05) is 26.3 Å². The number of benzene rings is 2. The van der Waals surface area contributed by atoms with Gasteiger partial charge in [0, 0.05) is 13.1 Å². The zero-order valence-corrected chi connectivity index (χ0v) is 14.7. The van der Waals surface area contributed by atoms with Crippen molar-refractivity contribution >= 4 is 5.97 Å². The van der Waals surface area contributed by atoms with Gasteiger partial charge in [-0.2, -0.15) is 0 Å². The lowest BCUT2D eigenvalue weighted by Gasteiger charge is -2.33. The third-order valence-electron chi connectivity index (χ3n) is 5.15. The summed E-state index contributed by atoms with van der Waals surface area (Å²) in [7, 11) is 0. The molecule has 1 N–H and O–H groups in total. The van der Waals surface area contributed by atoms with Gasteiger partial charge in [0.05, 0.1) is 5.56 Å². The molecule has 1 unspecified atom stereocenters. The quantitative estimate of drug-likeness (QED) is 0.911. The fourth-order valence-corrected chi connectivity index (χ4v) is 3.81. The topological polar surface area (TPSA) is 59.0 Å². The van der Waals surface area contributed by atoms with Crippen LogP contribution < -0.4 is 9.47 Å². The first-order valence-corrected chi connectivity index (χ1v) is 9.13. The first kappa shape index (κ1) is 16.9. The molecule has 1 fully saturated rings. The zero-order valence-electron chi connectivity index (χ0n) is 14.7. The number of carboxylic acid groups (broad SMARTS) is 1. The van der Waals surface area contributed by atoms with Gasteiger partial charge < -0.3 is 14.6 Å². The lowest BCUT2D eigenvalue weighted by atomic mass is 9.90. The maximum atomic E-state index is 11.0. The number of nitrogens with zero attached hydrogens (tertiary/aromatic N) is 1. The molecule has 2 aromatic rings. The summed E-state index contributed by atoms with van der Waals surface area (Å²) in [5.74, 6) is 1.24. The highest BCUT2D eigenvalue weighted by Crippen LogP contribution is 2.32. The molecule has 136 valence electrons. The third-order valence-corrected chi connectivity index (χ3v) is 5.15. The number of hydrogen-bond donors (Lipinski definition) is 1. The maximum Gasteiger partial charge on any atom is 0.335 e. The van der Waals surface area contributed by atoms with Crippen LogP contribution in [0.3, 0.4) is 0 Å². The average Bonchev–Trinajstić information content (AvgIpc) is 2.68. The van der Waals surface area contributed by atoms with E-state index in [1.54, 1.807) is 12.1 Å². The van der Waals surface area contributed by atoms with Gasteiger partial charge in [-0.3, -0.25) is 4.90 Å². The summed E-state index contributed by atoms with van der Waals surface area (Å²) in [6, 6.07) is 13.5. The highest BCUT2D eigenvalue weighted by atomic mass is 16.6. The van der Waals surface area contributed by atoms with Crippen LogP contribution in [0.25, 0.3) is 0 Å². The molecule has 0 spiro atoms. The van der Waals surface area contributed by atoms with Gasteiger partial charge in [0.25, 0.3) is 0 Å². The Bertz CT molecular complexity index is 787. The summed E-state index contributed by atoms with van der Waals surface area (Å²) in [6.07, 6.45) is 2.29. The molecule has 5 heteroatoms. The number of hydrogen-bond acceptors (Lipinski definition) is 4. The second-order valence-electron chi connectivity index (χ2n) is 6.98. The van der Waals surface area contributed by atoms with Crippen molar-refractivity contribution in [3.8, 4) is 11.5 Å². The molecule has 2 heterocycles. The minimum absolute atomic E-state index is 0.345. The molecule has 0 aliphatic carbocycles. The van der Waals surface area contributed by atoms with E-state index in [0.29, 0.717) is 24.7 Å². The molecular weight excluding hydrogens is 330 g/mol. The van der Waals surface area contributed by atoms with E-state index in [4.69, 9.17) is 14.6 Å². The first-order chi connectivity index (χ1) is 12.7. The van der Waals surface area contributed by atoms with Crippen LogP contribution in [0.4, 0.5) is 0 Å².